The second kappa shape index (κ2) is 4.13. The van der Waals surface area contributed by atoms with Crippen LogP contribution in [0.2, 0.25) is 0 Å². The molecule has 2 atom stereocenters. The summed E-state index contributed by atoms with van der Waals surface area (Å²) in [6.45, 7) is 7.95. The molecule has 3 nitrogen and oxygen atoms in total. The third-order valence-corrected chi connectivity index (χ3v) is 4.68. The molecule has 0 amide bonds. The summed E-state index contributed by atoms with van der Waals surface area (Å²) in [4.78, 5) is 2.49. The van der Waals surface area contributed by atoms with Crippen molar-refractivity contribution in [2.24, 2.45) is 11.8 Å². The van der Waals surface area contributed by atoms with Crippen LogP contribution < -0.4 is 0 Å². The van der Waals surface area contributed by atoms with Gasteiger partial charge in [0.2, 0.25) is 0 Å². The van der Waals surface area contributed by atoms with Crippen LogP contribution in [-0.4, -0.2) is 34.8 Å². The number of rotatable bonds is 1. The smallest absolute Gasteiger partial charge is 0.0628 e. The van der Waals surface area contributed by atoms with E-state index in [9.17, 15) is 0 Å². The van der Waals surface area contributed by atoms with Crippen molar-refractivity contribution in [3.8, 4) is 0 Å². The van der Waals surface area contributed by atoms with Crippen molar-refractivity contribution in [1.29, 1.82) is 0 Å². The molecule has 2 heterocycles. The van der Waals surface area contributed by atoms with E-state index in [1.165, 1.54) is 43.7 Å². The fourth-order valence-electron chi connectivity index (χ4n) is 3.70. The van der Waals surface area contributed by atoms with Gasteiger partial charge in [-0.25, -0.2) is 0 Å². The van der Waals surface area contributed by atoms with E-state index in [0.717, 1.165) is 18.4 Å². The Hall–Kier alpha value is -0.830. The first-order valence-corrected chi connectivity index (χ1v) is 6.92. The molecular weight excluding hydrogens is 210 g/mol. The summed E-state index contributed by atoms with van der Waals surface area (Å²) in [5.41, 5.74) is 4.37. The Morgan fingerprint density at radius 3 is 2.88 bits per heavy atom. The van der Waals surface area contributed by atoms with Crippen LogP contribution in [0, 0.1) is 18.8 Å². The molecule has 0 unspecified atom stereocenters. The Kier molecular flexibility index (Phi) is 2.74. The second-order valence-corrected chi connectivity index (χ2v) is 5.81. The lowest BCUT2D eigenvalue weighted by molar-refractivity contribution is 0.132. The molecule has 0 spiro atoms. The number of likely N-dealkylation sites (tertiary alicyclic amines) is 1. The minimum Gasteiger partial charge on any atom is -0.306 e. The standard InChI is InChI=1S/C14H23N3/c1-4-17-14-8-11-5-6-16(3)9-12(11)7-13(14)10(2)15-17/h11-12H,4-9H2,1-3H3/t11-,12-/m1/s1. The van der Waals surface area contributed by atoms with Gasteiger partial charge in [0.1, 0.15) is 0 Å². The molecule has 0 saturated carbocycles. The molecule has 1 fully saturated rings. The average molecular weight is 233 g/mol. The van der Waals surface area contributed by atoms with Gasteiger partial charge >= 0.3 is 0 Å². The number of aryl methyl sites for hydroxylation is 2. The fraction of sp³-hybridized carbons (Fsp3) is 0.786. The highest BCUT2D eigenvalue weighted by Gasteiger charge is 2.35. The van der Waals surface area contributed by atoms with Gasteiger partial charge in [-0.2, -0.15) is 5.10 Å². The van der Waals surface area contributed by atoms with Crippen LogP contribution in [0.25, 0.3) is 0 Å². The molecule has 1 aromatic rings. The average Bonchev–Trinajstić information content (AvgIpc) is 2.63. The quantitative estimate of drug-likeness (QED) is 0.738. The van der Waals surface area contributed by atoms with E-state index in [2.05, 4.69) is 30.5 Å². The van der Waals surface area contributed by atoms with Gasteiger partial charge in [0, 0.05) is 18.8 Å². The van der Waals surface area contributed by atoms with Crippen LogP contribution in [0.3, 0.4) is 0 Å². The first-order chi connectivity index (χ1) is 8.19. The Balaban J connectivity index is 1.92. The third kappa shape index (κ3) is 1.81. The SMILES string of the molecule is CCn1nc(C)c2c1C[C@H]1CCN(C)C[C@H]1C2. The summed E-state index contributed by atoms with van der Waals surface area (Å²) in [5.74, 6) is 1.77. The Morgan fingerprint density at radius 1 is 1.29 bits per heavy atom. The van der Waals surface area contributed by atoms with Gasteiger partial charge in [0.15, 0.2) is 0 Å². The van der Waals surface area contributed by atoms with Gasteiger partial charge in [-0.15, -0.1) is 0 Å². The lowest BCUT2D eigenvalue weighted by atomic mass is 9.74. The van der Waals surface area contributed by atoms with Crippen molar-refractivity contribution in [2.45, 2.75) is 39.7 Å². The van der Waals surface area contributed by atoms with Gasteiger partial charge in [-0.05, 0) is 64.1 Å². The first-order valence-electron chi connectivity index (χ1n) is 6.92. The molecule has 1 aromatic heterocycles. The zero-order chi connectivity index (χ0) is 12.0. The van der Waals surface area contributed by atoms with Crippen molar-refractivity contribution in [2.75, 3.05) is 20.1 Å². The number of nitrogens with zero attached hydrogens (tertiary/aromatic N) is 3. The van der Waals surface area contributed by atoms with Crippen molar-refractivity contribution in [3.63, 3.8) is 0 Å². The zero-order valence-corrected chi connectivity index (χ0v) is 11.2. The highest BCUT2D eigenvalue weighted by atomic mass is 15.3. The third-order valence-electron chi connectivity index (χ3n) is 4.68. The summed E-state index contributed by atoms with van der Waals surface area (Å²) < 4.78 is 2.24. The first kappa shape index (κ1) is 11.3. The summed E-state index contributed by atoms with van der Waals surface area (Å²) in [6.07, 6.45) is 3.90. The molecule has 0 radical (unpaired) electrons. The maximum atomic E-state index is 4.69. The molecule has 17 heavy (non-hydrogen) atoms. The Morgan fingerprint density at radius 2 is 2.12 bits per heavy atom. The zero-order valence-electron chi connectivity index (χ0n) is 11.2. The van der Waals surface area contributed by atoms with Gasteiger partial charge in [0.25, 0.3) is 0 Å². The van der Waals surface area contributed by atoms with E-state index >= 15 is 0 Å². The topological polar surface area (TPSA) is 21.1 Å². The van der Waals surface area contributed by atoms with E-state index in [0.29, 0.717) is 0 Å². The molecule has 2 aliphatic rings. The van der Waals surface area contributed by atoms with Crippen LogP contribution in [0.5, 0.6) is 0 Å². The summed E-state index contributed by atoms with van der Waals surface area (Å²) >= 11 is 0. The van der Waals surface area contributed by atoms with Crippen LogP contribution in [0.4, 0.5) is 0 Å². The van der Waals surface area contributed by atoms with E-state index in [1.807, 2.05) is 0 Å². The van der Waals surface area contributed by atoms with Crippen LogP contribution in [0.15, 0.2) is 0 Å². The molecular formula is C14H23N3. The minimum atomic E-state index is 0.870. The molecule has 1 aliphatic heterocycles. The molecule has 0 N–H and O–H groups in total. The lowest BCUT2D eigenvalue weighted by Crippen LogP contribution is -2.42. The maximum Gasteiger partial charge on any atom is 0.0628 e. The highest BCUT2D eigenvalue weighted by molar-refractivity contribution is 5.29. The Bertz CT molecular complexity index is 421. The van der Waals surface area contributed by atoms with Crippen molar-refractivity contribution < 1.29 is 0 Å². The van der Waals surface area contributed by atoms with Crippen LogP contribution in [-0.2, 0) is 19.4 Å². The van der Waals surface area contributed by atoms with E-state index in [4.69, 9.17) is 5.10 Å². The number of fused-ring (bicyclic) bond motifs is 2. The molecule has 1 aliphatic carbocycles. The molecule has 94 valence electrons. The van der Waals surface area contributed by atoms with Crippen LogP contribution in [0.1, 0.15) is 30.3 Å². The largest absolute Gasteiger partial charge is 0.306 e. The number of hydrogen-bond acceptors (Lipinski definition) is 2. The minimum absolute atomic E-state index is 0.870. The van der Waals surface area contributed by atoms with E-state index in [-0.39, 0.29) is 0 Å². The Labute approximate surface area is 104 Å². The number of piperidine rings is 1. The molecule has 0 aromatic carbocycles. The molecule has 3 rings (SSSR count). The van der Waals surface area contributed by atoms with E-state index < -0.39 is 0 Å². The maximum absolute atomic E-state index is 4.69. The summed E-state index contributed by atoms with van der Waals surface area (Å²) in [5, 5.41) is 4.69. The van der Waals surface area contributed by atoms with Gasteiger partial charge in [0.05, 0.1) is 5.69 Å². The predicted molar refractivity (Wildman–Crippen MR) is 69.1 cm³/mol. The summed E-state index contributed by atoms with van der Waals surface area (Å²) in [7, 11) is 2.26. The number of hydrogen-bond donors (Lipinski definition) is 0. The van der Waals surface area contributed by atoms with Crippen LogP contribution >= 0.6 is 0 Å². The van der Waals surface area contributed by atoms with Crippen molar-refractivity contribution in [1.82, 2.24) is 14.7 Å². The van der Waals surface area contributed by atoms with Crippen molar-refractivity contribution in [3.05, 3.63) is 17.0 Å². The molecule has 3 heteroatoms. The second-order valence-electron chi connectivity index (χ2n) is 5.81. The summed E-state index contributed by atoms with van der Waals surface area (Å²) in [6, 6.07) is 0. The molecule has 1 saturated heterocycles. The van der Waals surface area contributed by atoms with E-state index in [1.54, 1.807) is 5.56 Å². The molecule has 0 bridgehead atoms. The predicted octanol–water partition coefficient (Wildman–Crippen LogP) is 1.88. The fourth-order valence-corrected chi connectivity index (χ4v) is 3.70. The number of aromatic nitrogens is 2. The van der Waals surface area contributed by atoms with Crippen molar-refractivity contribution >= 4 is 0 Å². The van der Waals surface area contributed by atoms with Gasteiger partial charge in [-0.3, -0.25) is 4.68 Å². The van der Waals surface area contributed by atoms with Gasteiger partial charge in [-0.1, -0.05) is 0 Å². The lowest BCUT2D eigenvalue weighted by Gasteiger charge is -2.40. The monoisotopic (exact) mass is 233 g/mol. The van der Waals surface area contributed by atoms with Gasteiger partial charge < -0.3 is 4.90 Å². The normalized spacial score (nSPS) is 28.9. The highest BCUT2D eigenvalue weighted by Crippen LogP contribution is 2.36.